The third kappa shape index (κ3) is 6.66. The van der Waals surface area contributed by atoms with Crippen molar-refractivity contribution >= 4 is 17.0 Å². The number of ether oxygens (including phenoxy) is 3. The van der Waals surface area contributed by atoms with Crippen LogP contribution in [0.3, 0.4) is 0 Å². The molecule has 0 bridgehead atoms. The van der Waals surface area contributed by atoms with E-state index in [0.717, 1.165) is 67.0 Å². The third-order valence-electron chi connectivity index (χ3n) is 8.43. The maximum Gasteiger partial charge on any atom is 0.310 e. The fourth-order valence-corrected chi connectivity index (χ4v) is 5.68. The molecule has 44 heavy (non-hydrogen) atoms. The second-order valence-electron chi connectivity index (χ2n) is 11.5. The van der Waals surface area contributed by atoms with Gasteiger partial charge in [-0.2, -0.15) is 4.98 Å². The molecule has 2 aromatic carbocycles. The van der Waals surface area contributed by atoms with Crippen LogP contribution in [-0.4, -0.2) is 66.9 Å². The van der Waals surface area contributed by atoms with E-state index in [4.69, 9.17) is 19.2 Å². The lowest BCUT2D eigenvalue weighted by Crippen LogP contribution is -2.44. The van der Waals surface area contributed by atoms with Crippen molar-refractivity contribution in [1.29, 1.82) is 0 Å². The zero-order chi connectivity index (χ0) is 30.8. The molecule has 6 rings (SSSR count). The lowest BCUT2D eigenvalue weighted by atomic mass is 10.0. The molecule has 2 aliphatic rings. The van der Waals surface area contributed by atoms with Gasteiger partial charge in [-0.25, -0.2) is 18.7 Å². The van der Waals surface area contributed by atoms with Crippen molar-refractivity contribution in [2.24, 2.45) is 0 Å². The highest BCUT2D eigenvalue weighted by Crippen LogP contribution is 2.28. The Labute approximate surface area is 253 Å². The van der Waals surface area contributed by atoms with Crippen LogP contribution in [0.1, 0.15) is 56.2 Å². The Morgan fingerprint density at radius 1 is 1.16 bits per heavy atom. The van der Waals surface area contributed by atoms with Crippen LogP contribution in [0.4, 0.5) is 8.78 Å². The SMILES string of the molecule is CC(C(=O)O)c1ccc2nc(CN3CC[C@H](Oc4ccnc(COc5ccc(F)cc5F)n4)C[C@@H]3C)n(C[C@@H]3CCO3)c2c1. The number of likely N-dealkylation sites (tertiary alicyclic amines) is 1. The first-order valence-electron chi connectivity index (χ1n) is 14.9. The highest BCUT2D eigenvalue weighted by atomic mass is 19.1. The summed E-state index contributed by atoms with van der Waals surface area (Å²) in [6.07, 6.45) is 4.20. The van der Waals surface area contributed by atoms with Gasteiger partial charge < -0.3 is 23.9 Å². The maximum absolute atomic E-state index is 13.9. The number of fused-ring (bicyclic) bond motifs is 1. The number of nitrogens with zero attached hydrogens (tertiary/aromatic N) is 5. The van der Waals surface area contributed by atoms with Gasteiger partial charge in [0.15, 0.2) is 17.4 Å². The minimum absolute atomic E-state index is 0.0540. The summed E-state index contributed by atoms with van der Waals surface area (Å²) in [4.78, 5) is 27.6. The van der Waals surface area contributed by atoms with E-state index in [9.17, 15) is 18.7 Å². The lowest BCUT2D eigenvalue weighted by Gasteiger charge is -2.37. The highest BCUT2D eigenvalue weighted by molar-refractivity contribution is 5.81. The number of hydrogen-bond acceptors (Lipinski definition) is 8. The molecule has 1 unspecified atom stereocenters. The summed E-state index contributed by atoms with van der Waals surface area (Å²) in [5, 5.41) is 9.54. The Morgan fingerprint density at radius 2 is 2.00 bits per heavy atom. The topological polar surface area (TPSA) is 112 Å². The monoisotopic (exact) mass is 607 g/mol. The summed E-state index contributed by atoms with van der Waals surface area (Å²) in [5.41, 5.74) is 2.52. The second-order valence-corrected chi connectivity index (χ2v) is 11.5. The van der Waals surface area contributed by atoms with E-state index in [1.807, 2.05) is 18.2 Å². The summed E-state index contributed by atoms with van der Waals surface area (Å²) < 4.78 is 46.6. The number of carboxylic acid groups (broad SMARTS) is 1. The van der Waals surface area contributed by atoms with Gasteiger partial charge in [0.05, 0.1) is 36.1 Å². The average Bonchev–Trinajstić information content (AvgIpc) is 3.31. The highest BCUT2D eigenvalue weighted by Gasteiger charge is 2.30. The lowest BCUT2D eigenvalue weighted by molar-refractivity contribution is -0.138. The standard InChI is InChI=1S/C32H35F2N5O5/c1-19-13-23(44-31-7-10-35-29(37-31)18-43-28-6-4-22(33)15-25(28)34)8-11-38(19)17-30-36-26-5-3-21(20(2)32(40)41)14-27(26)39(30)16-24-9-12-42-24/h3-7,10,14-15,19-20,23-24H,8-9,11-13,16-18H2,1-2H3,(H,40,41)/t19-,20?,23-,24-/m0/s1. The molecule has 2 fully saturated rings. The molecule has 0 amide bonds. The zero-order valence-corrected chi connectivity index (χ0v) is 24.7. The summed E-state index contributed by atoms with van der Waals surface area (Å²) in [7, 11) is 0. The van der Waals surface area contributed by atoms with Crippen LogP contribution in [0.15, 0.2) is 48.7 Å². The predicted molar refractivity (Wildman–Crippen MR) is 156 cm³/mol. The Kier molecular flexibility index (Phi) is 8.72. The number of aliphatic carboxylic acids is 1. The van der Waals surface area contributed by atoms with E-state index in [-0.39, 0.29) is 30.6 Å². The van der Waals surface area contributed by atoms with E-state index >= 15 is 0 Å². The Hall–Kier alpha value is -4.16. The number of aromatic nitrogens is 4. The van der Waals surface area contributed by atoms with E-state index < -0.39 is 23.5 Å². The van der Waals surface area contributed by atoms with Crippen LogP contribution in [0.5, 0.6) is 11.6 Å². The summed E-state index contributed by atoms with van der Waals surface area (Å²) >= 11 is 0. The molecule has 0 aliphatic carbocycles. The first kappa shape index (κ1) is 29.9. The Morgan fingerprint density at radius 3 is 2.73 bits per heavy atom. The number of carboxylic acids is 1. The third-order valence-corrected chi connectivity index (χ3v) is 8.43. The molecule has 0 spiro atoms. The van der Waals surface area contributed by atoms with Crippen LogP contribution in [-0.2, 0) is 29.2 Å². The van der Waals surface area contributed by atoms with Crippen molar-refractivity contribution in [2.75, 3.05) is 13.2 Å². The van der Waals surface area contributed by atoms with Crippen LogP contribution < -0.4 is 9.47 Å². The van der Waals surface area contributed by atoms with Crippen molar-refractivity contribution < 1.29 is 32.9 Å². The van der Waals surface area contributed by atoms with E-state index in [1.165, 1.54) is 6.07 Å². The molecule has 0 saturated carbocycles. The fraction of sp³-hybridized carbons (Fsp3) is 0.438. The fourth-order valence-electron chi connectivity index (χ4n) is 5.68. The number of hydrogen-bond donors (Lipinski definition) is 1. The Balaban J connectivity index is 1.10. The first-order valence-corrected chi connectivity index (χ1v) is 14.9. The quantitative estimate of drug-likeness (QED) is 0.249. The van der Waals surface area contributed by atoms with Crippen molar-refractivity contribution in [3.8, 4) is 11.6 Å². The second kappa shape index (κ2) is 12.8. The largest absolute Gasteiger partial charge is 0.483 e. The van der Waals surface area contributed by atoms with Crippen LogP contribution in [0.2, 0.25) is 0 Å². The molecule has 12 heteroatoms. The van der Waals surface area contributed by atoms with Crippen molar-refractivity contribution in [3.05, 3.63) is 77.5 Å². The molecular formula is C32H35F2N5O5. The minimum Gasteiger partial charge on any atom is -0.483 e. The molecule has 0 radical (unpaired) electrons. The molecular weight excluding hydrogens is 572 g/mol. The van der Waals surface area contributed by atoms with E-state index in [2.05, 4.69) is 26.4 Å². The maximum atomic E-state index is 13.9. The normalized spacial score (nSPS) is 21.1. The zero-order valence-electron chi connectivity index (χ0n) is 24.7. The van der Waals surface area contributed by atoms with E-state index in [1.54, 1.807) is 19.2 Å². The van der Waals surface area contributed by atoms with Gasteiger partial charge in [-0.15, -0.1) is 0 Å². The van der Waals surface area contributed by atoms with Crippen LogP contribution >= 0.6 is 0 Å². The van der Waals surface area contributed by atoms with E-state index in [0.29, 0.717) is 24.8 Å². The van der Waals surface area contributed by atoms with Gasteiger partial charge >= 0.3 is 5.97 Å². The van der Waals surface area contributed by atoms with Crippen molar-refractivity contribution in [2.45, 2.75) is 77.0 Å². The summed E-state index contributed by atoms with van der Waals surface area (Å²) in [5.74, 6) is -1.34. The number of imidazole rings is 1. The number of carbonyl (C=O) groups is 1. The molecule has 4 heterocycles. The average molecular weight is 608 g/mol. The van der Waals surface area contributed by atoms with Gasteiger partial charge in [0.25, 0.3) is 0 Å². The van der Waals surface area contributed by atoms with Gasteiger partial charge in [-0.1, -0.05) is 6.07 Å². The van der Waals surface area contributed by atoms with Gasteiger partial charge in [0.2, 0.25) is 5.88 Å². The molecule has 232 valence electrons. The molecule has 4 atom stereocenters. The molecule has 2 saturated heterocycles. The Bertz CT molecular complexity index is 1640. The van der Waals surface area contributed by atoms with Gasteiger partial charge in [0, 0.05) is 37.5 Å². The number of piperidine rings is 1. The number of halogens is 2. The molecule has 10 nitrogen and oxygen atoms in total. The molecule has 2 aliphatic heterocycles. The first-order chi connectivity index (χ1) is 21.2. The summed E-state index contributed by atoms with van der Waals surface area (Å²) in [6, 6.07) is 10.7. The van der Waals surface area contributed by atoms with Crippen LogP contribution in [0, 0.1) is 11.6 Å². The predicted octanol–water partition coefficient (Wildman–Crippen LogP) is 5.09. The summed E-state index contributed by atoms with van der Waals surface area (Å²) in [6.45, 7) is 6.65. The minimum atomic E-state index is -0.858. The molecule has 2 aromatic heterocycles. The van der Waals surface area contributed by atoms with Gasteiger partial charge in [0.1, 0.15) is 24.4 Å². The smallest absolute Gasteiger partial charge is 0.310 e. The van der Waals surface area contributed by atoms with Crippen molar-refractivity contribution in [3.63, 3.8) is 0 Å². The van der Waals surface area contributed by atoms with Crippen molar-refractivity contribution in [1.82, 2.24) is 24.4 Å². The molecule has 4 aromatic rings. The van der Waals surface area contributed by atoms with Gasteiger partial charge in [-0.3, -0.25) is 9.69 Å². The van der Waals surface area contributed by atoms with Crippen LogP contribution in [0.25, 0.3) is 11.0 Å². The molecule has 1 N–H and O–H groups in total. The number of rotatable bonds is 11. The van der Waals surface area contributed by atoms with Gasteiger partial charge in [-0.05, 0) is 62.9 Å². The number of benzene rings is 2.